The molecular weight excluding hydrogens is 218 g/mol. The van der Waals surface area contributed by atoms with Gasteiger partial charge in [-0.15, -0.1) is 0 Å². The van der Waals surface area contributed by atoms with Crippen LogP contribution in [0.5, 0.6) is 0 Å². The predicted molar refractivity (Wildman–Crippen MR) is 67.8 cm³/mol. The van der Waals surface area contributed by atoms with Gasteiger partial charge in [-0.05, 0) is 34.0 Å². The van der Waals surface area contributed by atoms with E-state index < -0.39 is 0 Å². The highest BCUT2D eigenvalue weighted by Gasteiger charge is 2.12. The zero-order valence-corrected chi connectivity index (χ0v) is 10.7. The molecule has 0 radical (unpaired) electrons. The first kappa shape index (κ1) is 13.5. The molecule has 0 spiro atoms. The smallest absolute Gasteiger partial charge is 0.269 e. The molecular formula is C11H21N5O. The maximum atomic E-state index is 11.8. The van der Waals surface area contributed by atoms with E-state index in [2.05, 4.69) is 15.3 Å². The van der Waals surface area contributed by atoms with Gasteiger partial charge in [0.15, 0.2) is 0 Å². The number of nitrogens with two attached hydrogens (primary N) is 1. The van der Waals surface area contributed by atoms with Crippen LogP contribution in [0.4, 0.5) is 5.82 Å². The molecule has 0 saturated carbocycles. The second kappa shape index (κ2) is 6.24. The van der Waals surface area contributed by atoms with Crippen LogP contribution < -0.4 is 11.1 Å². The monoisotopic (exact) mass is 239 g/mol. The van der Waals surface area contributed by atoms with E-state index in [9.17, 15) is 4.79 Å². The number of anilines is 1. The van der Waals surface area contributed by atoms with E-state index in [1.165, 1.54) is 0 Å². The Kier molecular flexibility index (Phi) is 4.96. The molecule has 0 unspecified atom stereocenters. The first-order valence-corrected chi connectivity index (χ1v) is 5.80. The molecule has 1 amide bonds. The first-order valence-electron chi connectivity index (χ1n) is 5.80. The highest BCUT2D eigenvalue weighted by Crippen LogP contribution is 2.05. The lowest BCUT2D eigenvalue weighted by Gasteiger charge is -2.10. The van der Waals surface area contributed by atoms with Gasteiger partial charge in [-0.25, -0.2) is 0 Å². The predicted octanol–water partition coefficient (Wildman–Crippen LogP) is 0.167. The fourth-order valence-electron chi connectivity index (χ4n) is 1.55. The van der Waals surface area contributed by atoms with Crippen LogP contribution in [0, 0.1) is 0 Å². The van der Waals surface area contributed by atoms with E-state index in [-0.39, 0.29) is 5.91 Å². The summed E-state index contributed by atoms with van der Waals surface area (Å²) in [6.07, 6.45) is 0.925. The maximum Gasteiger partial charge on any atom is 0.269 e. The van der Waals surface area contributed by atoms with Crippen molar-refractivity contribution < 1.29 is 4.79 Å². The van der Waals surface area contributed by atoms with E-state index in [0.717, 1.165) is 13.0 Å². The Morgan fingerprint density at radius 1 is 1.59 bits per heavy atom. The number of nitrogens with one attached hydrogen (secondary N) is 1. The van der Waals surface area contributed by atoms with E-state index in [4.69, 9.17) is 5.73 Å². The second-order valence-corrected chi connectivity index (χ2v) is 4.18. The molecule has 0 bridgehead atoms. The Morgan fingerprint density at radius 3 is 2.88 bits per heavy atom. The summed E-state index contributed by atoms with van der Waals surface area (Å²) in [5, 5.41) is 6.89. The lowest BCUT2D eigenvalue weighted by Crippen LogP contribution is -2.29. The minimum absolute atomic E-state index is 0.116. The number of carbonyl (C=O) groups is 1. The van der Waals surface area contributed by atoms with Crippen molar-refractivity contribution in [3.05, 3.63) is 11.8 Å². The normalized spacial score (nSPS) is 10.8. The molecule has 0 aromatic carbocycles. The number of aromatic nitrogens is 2. The molecule has 0 fully saturated rings. The number of hydrogen-bond donors (Lipinski definition) is 2. The Bertz CT molecular complexity index is 372. The molecule has 0 aliphatic rings. The van der Waals surface area contributed by atoms with Crippen LogP contribution in [0.15, 0.2) is 6.07 Å². The summed E-state index contributed by atoms with van der Waals surface area (Å²) in [4.78, 5) is 13.9. The Balaban J connectivity index is 2.46. The van der Waals surface area contributed by atoms with Gasteiger partial charge < -0.3 is 16.0 Å². The molecule has 3 N–H and O–H groups in total. The molecule has 6 heteroatoms. The third kappa shape index (κ3) is 4.07. The van der Waals surface area contributed by atoms with Gasteiger partial charge in [0.05, 0.1) is 0 Å². The largest absolute Gasteiger partial charge is 0.382 e. The van der Waals surface area contributed by atoms with Gasteiger partial charge in [0.25, 0.3) is 5.91 Å². The Hall–Kier alpha value is -1.56. The molecule has 1 heterocycles. The van der Waals surface area contributed by atoms with Gasteiger partial charge in [-0.1, -0.05) is 0 Å². The number of rotatable bonds is 6. The van der Waals surface area contributed by atoms with Crippen LogP contribution in [0.25, 0.3) is 0 Å². The third-order valence-corrected chi connectivity index (χ3v) is 2.40. The number of nitrogens with zero attached hydrogens (tertiary/aromatic N) is 3. The summed E-state index contributed by atoms with van der Waals surface area (Å²) in [7, 11) is 4.02. The molecule has 0 atom stereocenters. The van der Waals surface area contributed by atoms with Crippen molar-refractivity contribution in [1.82, 2.24) is 20.0 Å². The number of nitrogen functional groups attached to an aromatic ring is 1. The molecule has 0 aliphatic carbocycles. The number of amides is 1. The molecule has 6 nitrogen and oxygen atoms in total. The van der Waals surface area contributed by atoms with E-state index >= 15 is 0 Å². The minimum Gasteiger partial charge on any atom is -0.382 e. The van der Waals surface area contributed by atoms with Crippen LogP contribution in [0.1, 0.15) is 23.8 Å². The standard InChI is InChI=1S/C11H21N5O/c1-4-16-9(8-10(12)14-16)11(17)13-6-5-7-15(2)3/h8H,4-7H2,1-3H3,(H2,12,14)(H,13,17). The summed E-state index contributed by atoms with van der Waals surface area (Å²) < 4.78 is 1.61. The molecule has 1 aromatic heterocycles. The van der Waals surface area contributed by atoms with Crippen LogP contribution in [-0.4, -0.2) is 47.8 Å². The van der Waals surface area contributed by atoms with Gasteiger partial charge in [0, 0.05) is 19.2 Å². The van der Waals surface area contributed by atoms with Crippen LogP contribution in [0.2, 0.25) is 0 Å². The summed E-state index contributed by atoms with van der Waals surface area (Å²) in [5.74, 6) is 0.264. The molecule has 0 saturated heterocycles. The Labute approximate surface area is 102 Å². The Morgan fingerprint density at radius 2 is 2.29 bits per heavy atom. The number of hydrogen-bond acceptors (Lipinski definition) is 4. The number of carbonyl (C=O) groups excluding carboxylic acids is 1. The van der Waals surface area contributed by atoms with Crippen molar-refractivity contribution in [3.8, 4) is 0 Å². The van der Waals surface area contributed by atoms with Crippen molar-refractivity contribution in [3.63, 3.8) is 0 Å². The summed E-state index contributed by atoms with van der Waals surface area (Å²) in [6, 6.07) is 1.60. The fourth-order valence-corrected chi connectivity index (χ4v) is 1.55. The average molecular weight is 239 g/mol. The van der Waals surface area contributed by atoms with Gasteiger partial charge >= 0.3 is 0 Å². The van der Waals surface area contributed by atoms with Gasteiger partial charge in [0.1, 0.15) is 11.5 Å². The molecule has 1 aromatic rings. The molecule has 1 rings (SSSR count). The summed E-state index contributed by atoms with van der Waals surface area (Å²) in [5.41, 5.74) is 6.09. The number of aryl methyl sites for hydroxylation is 1. The van der Waals surface area contributed by atoms with E-state index in [1.807, 2.05) is 21.0 Å². The lowest BCUT2D eigenvalue weighted by molar-refractivity contribution is 0.0941. The SMILES string of the molecule is CCn1nc(N)cc1C(=O)NCCCN(C)C. The van der Waals surface area contributed by atoms with Crippen molar-refractivity contribution in [1.29, 1.82) is 0 Å². The fraction of sp³-hybridized carbons (Fsp3) is 0.636. The van der Waals surface area contributed by atoms with Crippen LogP contribution in [-0.2, 0) is 6.54 Å². The van der Waals surface area contributed by atoms with Crippen molar-refractivity contribution in [2.45, 2.75) is 19.9 Å². The van der Waals surface area contributed by atoms with E-state index in [1.54, 1.807) is 10.7 Å². The first-order chi connectivity index (χ1) is 8.04. The topological polar surface area (TPSA) is 76.2 Å². The quantitative estimate of drug-likeness (QED) is 0.694. The van der Waals surface area contributed by atoms with E-state index in [0.29, 0.717) is 24.6 Å². The van der Waals surface area contributed by atoms with Gasteiger partial charge in [-0.3, -0.25) is 9.48 Å². The molecule has 96 valence electrons. The van der Waals surface area contributed by atoms with Gasteiger partial charge in [0.2, 0.25) is 0 Å². The average Bonchev–Trinajstić information content (AvgIpc) is 2.65. The second-order valence-electron chi connectivity index (χ2n) is 4.18. The van der Waals surface area contributed by atoms with Crippen molar-refractivity contribution in [2.24, 2.45) is 0 Å². The third-order valence-electron chi connectivity index (χ3n) is 2.40. The zero-order chi connectivity index (χ0) is 12.8. The van der Waals surface area contributed by atoms with Crippen LogP contribution in [0.3, 0.4) is 0 Å². The maximum absolute atomic E-state index is 11.8. The zero-order valence-electron chi connectivity index (χ0n) is 10.7. The minimum atomic E-state index is -0.116. The molecule has 17 heavy (non-hydrogen) atoms. The molecule has 0 aliphatic heterocycles. The van der Waals surface area contributed by atoms with Crippen LogP contribution >= 0.6 is 0 Å². The van der Waals surface area contributed by atoms with Gasteiger partial charge in [-0.2, -0.15) is 5.10 Å². The summed E-state index contributed by atoms with van der Waals surface area (Å²) in [6.45, 7) is 4.17. The summed E-state index contributed by atoms with van der Waals surface area (Å²) >= 11 is 0. The van der Waals surface area contributed by atoms with Crippen molar-refractivity contribution in [2.75, 3.05) is 32.9 Å². The highest BCUT2D eigenvalue weighted by molar-refractivity contribution is 5.93. The lowest BCUT2D eigenvalue weighted by atomic mass is 10.3. The van der Waals surface area contributed by atoms with Crippen molar-refractivity contribution >= 4 is 11.7 Å². The highest BCUT2D eigenvalue weighted by atomic mass is 16.2.